The van der Waals surface area contributed by atoms with Crippen LogP contribution in [0.1, 0.15) is 39.0 Å². The van der Waals surface area contributed by atoms with Gasteiger partial charge in [0.15, 0.2) is 0 Å². The summed E-state index contributed by atoms with van der Waals surface area (Å²) in [5, 5.41) is 3.63. The number of likely N-dealkylation sites (N-methyl/N-ethyl adjacent to an activating group) is 2. The van der Waals surface area contributed by atoms with Crippen LogP contribution >= 0.6 is 0 Å². The Balaban J connectivity index is 2.20. The molecule has 2 aliphatic rings. The van der Waals surface area contributed by atoms with E-state index >= 15 is 0 Å². The van der Waals surface area contributed by atoms with Gasteiger partial charge in [-0.15, -0.1) is 0 Å². The highest BCUT2D eigenvalue weighted by molar-refractivity contribution is 5.04. The second-order valence-electron chi connectivity index (χ2n) is 6.59. The lowest BCUT2D eigenvalue weighted by atomic mass is 9.68. The Hall–Kier alpha value is -0.120. The first-order valence-corrected chi connectivity index (χ1v) is 7.52. The molecule has 0 radical (unpaired) electrons. The normalized spacial score (nSPS) is 39.2. The van der Waals surface area contributed by atoms with E-state index in [9.17, 15) is 0 Å². The summed E-state index contributed by atoms with van der Waals surface area (Å²) in [6, 6.07) is 0.567. The molecule has 0 amide bonds. The number of nitrogens with zero attached hydrogens (tertiary/aromatic N) is 1. The smallest absolute Gasteiger partial charge is 0.0510 e. The second-order valence-corrected chi connectivity index (χ2v) is 6.59. The zero-order chi connectivity index (χ0) is 13.2. The number of rotatable bonds is 4. The van der Waals surface area contributed by atoms with Crippen LogP contribution in [0.4, 0.5) is 0 Å². The maximum atomic E-state index is 5.62. The molecule has 2 rings (SSSR count). The standard InChI is InChI=1S/C15H30N2O/c1-12-6-5-8-15(10-12,17(3)4)14(16-2)13-7-9-18-11-13/h12-14,16H,5-11H2,1-4H3. The van der Waals surface area contributed by atoms with E-state index in [-0.39, 0.29) is 0 Å². The zero-order valence-corrected chi connectivity index (χ0v) is 12.5. The number of hydrogen-bond acceptors (Lipinski definition) is 3. The summed E-state index contributed by atoms with van der Waals surface area (Å²) in [4.78, 5) is 2.49. The van der Waals surface area contributed by atoms with Crippen molar-refractivity contribution >= 4 is 0 Å². The molecule has 0 bridgehead atoms. The molecule has 0 aromatic rings. The molecule has 0 spiro atoms. The molecule has 2 fully saturated rings. The third kappa shape index (κ3) is 2.59. The molecule has 1 aliphatic carbocycles. The maximum absolute atomic E-state index is 5.62. The maximum Gasteiger partial charge on any atom is 0.0510 e. The minimum Gasteiger partial charge on any atom is -0.381 e. The van der Waals surface area contributed by atoms with Crippen LogP contribution in [0.25, 0.3) is 0 Å². The number of nitrogens with one attached hydrogen (secondary N) is 1. The van der Waals surface area contributed by atoms with Crippen LogP contribution in [0.3, 0.4) is 0 Å². The van der Waals surface area contributed by atoms with Gasteiger partial charge in [-0.25, -0.2) is 0 Å². The average molecular weight is 254 g/mol. The molecule has 1 aliphatic heterocycles. The summed E-state index contributed by atoms with van der Waals surface area (Å²) >= 11 is 0. The first-order valence-electron chi connectivity index (χ1n) is 7.52. The third-order valence-corrected chi connectivity index (χ3v) is 5.23. The molecular formula is C15H30N2O. The molecule has 4 atom stereocenters. The molecule has 1 N–H and O–H groups in total. The van der Waals surface area contributed by atoms with Gasteiger partial charge in [0.25, 0.3) is 0 Å². The first kappa shape index (κ1) is 14.3. The van der Waals surface area contributed by atoms with Crippen LogP contribution < -0.4 is 5.32 Å². The number of hydrogen-bond donors (Lipinski definition) is 1. The van der Waals surface area contributed by atoms with Crippen molar-refractivity contribution in [3.63, 3.8) is 0 Å². The van der Waals surface area contributed by atoms with Gasteiger partial charge in [-0.05, 0) is 46.3 Å². The van der Waals surface area contributed by atoms with E-state index in [1.165, 1.54) is 32.1 Å². The Morgan fingerprint density at radius 2 is 2.11 bits per heavy atom. The Bertz CT molecular complexity index is 263. The Labute approximate surface area is 112 Å². The second kappa shape index (κ2) is 5.89. The van der Waals surface area contributed by atoms with Crippen LogP contribution in [-0.2, 0) is 4.74 Å². The molecule has 4 unspecified atom stereocenters. The average Bonchev–Trinajstić information content (AvgIpc) is 2.83. The largest absolute Gasteiger partial charge is 0.381 e. The third-order valence-electron chi connectivity index (χ3n) is 5.23. The lowest BCUT2D eigenvalue weighted by Crippen LogP contribution is -2.63. The predicted octanol–water partition coefficient (Wildman–Crippen LogP) is 2.12. The van der Waals surface area contributed by atoms with E-state index in [4.69, 9.17) is 4.74 Å². The van der Waals surface area contributed by atoms with Gasteiger partial charge in [0, 0.05) is 24.1 Å². The van der Waals surface area contributed by atoms with Crippen LogP contribution in [0, 0.1) is 11.8 Å². The van der Waals surface area contributed by atoms with Gasteiger partial charge < -0.3 is 15.0 Å². The van der Waals surface area contributed by atoms with Gasteiger partial charge in [-0.2, -0.15) is 0 Å². The van der Waals surface area contributed by atoms with E-state index in [0.717, 1.165) is 19.1 Å². The predicted molar refractivity (Wildman–Crippen MR) is 75.8 cm³/mol. The molecule has 0 aromatic heterocycles. The van der Waals surface area contributed by atoms with Crippen molar-refractivity contribution in [2.45, 2.75) is 50.6 Å². The van der Waals surface area contributed by atoms with Crippen LogP contribution in [0.15, 0.2) is 0 Å². The van der Waals surface area contributed by atoms with E-state index in [2.05, 4.69) is 38.3 Å². The summed E-state index contributed by atoms with van der Waals surface area (Å²) in [7, 11) is 6.66. The highest BCUT2D eigenvalue weighted by Gasteiger charge is 2.46. The topological polar surface area (TPSA) is 24.5 Å². The van der Waals surface area contributed by atoms with Crippen molar-refractivity contribution in [3.05, 3.63) is 0 Å². The molecule has 1 heterocycles. The fourth-order valence-corrected chi connectivity index (χ4v) is 4.29. The Kier molecular flexibility index (Phi) is 4.68. The molecule has 3 heteroatoms. The summed E-state index contributed by atoms with van der Waals surface area (Å²) in [6.45, 7) is 4.30. The van der Waals surface area contributed by atoms with Crippen LogP contribution in [0.2, 0.25) is 0 Å². The molecular weight excluding hydrogens is 224 g/mol. The van der Waals surface area contributed by atoms with Gasteiger partial charge in [-0.3, -0.25) is 0 Å². The summed E-state index contributed by atoms with van der Waals surface area (Å²) in [5.74, 6) is 1.53. The fourth-order valence-electron chi connectivity index (χ4n) is 4.29. The zero-order valence-electron chi connectivity index (χ0n) is 12.5. The highest BCUT2D eigenvalue weighted by atomic mass is 16.5. The SMILES string of the molecule is CNC(C1CCOC1)C1(N(C)C)CCCC(C)C1. The van der Waals surface area contributed by atoms with E-state index < -0.39 is 0 Å². The van der Waals surface area contributed by atoms with Crippen molar-refractivity contribution in [1.29, 1.82) is 0 Å². The lowest BCUT2D eigenvalue weighted by molar-refractivity contribution is 0.0160. The van der Waals surface area contributed by atoms with Crippen molar-refractivity contribution in [2.24, 2.45) is 11.8 Å². The van der Waals surface area contributed by atoms with E-state index in [0.29, 0.717) is 17.5 Å². The van der Waals surface area contributed by atoms with Gasteiger partial charge in [0.2, 0.25) is 0 Å². The van der Waals surface area contributed by atoms with E-state index in [1.54, 1.807) is 0 Å². The van der Waals surface area contributed by atoms with Gasteiger partial charge >= 0.3 is 0 Å². The van der Waals surface area contributed by atoms with Crippen molar-refractivity contribution in [2.75, 3.05) is 34.4 Å². The van der Waals surface area contributed by atoms with Crippen molar-refractivity contribution in [3.8, 4) is 0 Å². The quantitative estimate of drug-likeness (QED) is 0.832. The van der Waals surface area contributed by atoms with Crippen LogP contribution in [0.5, 0.6) is 0 Å². The molecule has 1 saturated carbocycles. The monoisotopic (exact) mass is 254 g/mol. The van der Waals surface area contributed by atoms with Gasteiger partial charge in [0.1, 0.15) is 0 Å². The highest BCUT2D eigenvalue weighted by Crippen LogP contribution is 2.41. The minimum absolute atomic E-state index is 0.324. The molecule has 1 saturated heterocycles. The molecule has 0 aromatic carbocycles. The van der Waals surface area contributed by atoms with Crippen molar-refractivity contribution < 1.29 is 4.74 Å². The molecule has 18 heavy (non-hydrogen) atoms. The lowest BCUT2D eigenvalue weighted by Gasteiger charge is -2.52. The van der Waals surface area contributed by atoms with Crippen LogP contribution in [-0.4, -0.2) is 50.8 Å². The summed E-state index contributed by atoms with van der Waals surface area (Å²) in [6.07, 6.45) is 6.63. The van der Waals surface area contributed by atoms with Gasteiger partial charge in [-0.1, -0.05) is 19.8 Å². The fraction of sp³-hybridized carbons (Fsp3) is 1.00. The summed E-state index contributed by atoms with van der Waals surface area (Å²) in [5.41, 5.74) is 0.324. The molecule has 106 valence electrons. The minimum atomic E-state index is 0.324. The number of ether oxygens (including phenoxy) is 1. The van der Waals surface area contributed by atoms with Crippen molar-refractivity contribution in [1.82, 2.24) is 10.2 Å². The van der Waals surface area contributed by atoms with E-state index in [1.807, 2.05) is 0 Å². The Morgan fingerprint density at radius 3 is 2.61 bits per heavy atom. The van der Waals surface area contributed by atoms with Gasteiger partial charge in [0.05, 0.1) is 6.61 Å². The first-order chi connectivity index (χ1) is 8.60. The Morgan fingerprint density at radius 1 is 1.33 bits per heavy atom. The molecule has 3 nitrogen and oxygen atoms in total. The summed E-state index contributed by atoms with van der Waals surface area (Å²) < 4.78 is 5.62.